The maximum Gasteiger partial charge on any atom is 0.211 e. The van der Waals surface area contributed by atoms with E-state index in [2.05, 4.69) is 14.8 Å². The highest BCUT2D eigenvalue weighted by molar-refractivity contribution is 7.88. The Morgan fingerprint density at radius 3 is 2.55 bits per heavy atom. The zero-order valence-corrected chi connectivity index (χ0v) is 18.4. The summed E-state index contributed by atoms with van der Waals surface area (Å²) in [6.07, 6.45) is 2.90. The molecule has 0 N–H and O–H groups in total. The fourth-order valence-electron chi connectivity index (χ4n) is 4.01. The Hall–Kier alpha value is -1.46. The number of halogens is 1. The van der Waals surface area contributed by atoms with Crippen molar-refractivity contribution in [2.45, 2.75) is 25.4 Å². The molecule has 29 heavy (non-hydrogen) atoms. The fraction of sp³-hybridized carbons (Fsp3) is 0.667. The van der Waals surface area contributed by atoms with Crippen LogP contribution in [0.4, 0.5) is 5.82 Å². The van der Waals surface area contributed by atoms with E-state index < -0.39 is 10.0 Å². The van der Waals surface area contributed by atoms with Gasteiger partial charge < -0.3 is 9.64 Å². The normalized spacial score (nSPS) is 20.1. The molecule has 4 rings (SSSR count). The smallest absolute Gasteiger partial charge is 0.211 e. The van der Waals surface area contributed by atoms with Crippen LogP contribution in [0.5, 0.6) is 0 Å². The summed E-state index contributed by atoms with van der Waals surface area (Å²) in [6, 6.07) is 3.89. The average molecular weight is 443 g/mol. The van der Waals surface area contributed by atoms with Crippen LogP contribution in [-0.2, 0) is 21.3 Å². The predicted molar refractivity (Wildman–Crippen MR) is 112 cm³/mol. The van der Waals surface area contributed by atoms with Crippen molar-refractivity contribution < 1.29 is 13.2 Å². The van der Waals surface area contributed by atoms with Crippen molar-refractivity contribution in [3.05, 3.63) is 23.0 Å². The summed E-state index contributed by atoms with van der Waals surface area (Å²) in [5, 5.41) is 5.24. The van der Waals surface area contributed by atoms with Crippen LogP contribution in [0.15, 0.2) is 12.1 Å². The lowest BCUT2D eigenvalue weighted by Gasteiger charge is -2.35. The largest absolute Gasteiger partial charge is 0.378 e. The van der Waals surface area contributed by atoms with Gasteiger partial charge in [0.25, 0.3) is 0 Å². The molecule has 9 nitrogen and oxygen atoms in total. The molecule has 0 saturated carbocycles. The molecular weight excluding hydrogens is 416 g/mol. The molecule has 2 saturated heterocycles. The van der Waals surface area contributed by atoms with E-state index in [-0.39, 0.29) is 6.04 Å². The van der Waals surface area contributed by atoms with Gasteiger partial charge in [-0.05, 0) is 12.8 Å². The van der Waals surface area contributed by atoms with Crippen molar-refractivity contribution in [2.24, 2.45) is 0 Å². The summed E-state index contributed by atoms with van der Waals surface area (Å²) in [6.45, 7) is 5.35. The topological polar surface area (TPSA) is 83.3 Å². The number of aromatic nitrogens is 3. The summed E-state index contributed by atoms with van der Waals surface area (Å²) in [7, 11) is -1.48. The second kappa shape index (κ2) is 8.35. The number of hydrogen-bond donors (Lipinski definition) is 0. The minimum absolute atomic E-state index is 0.0655. The van der Waals surface area contributed by atoms with E-state index in [1.807, 2.05) is 16.6 Å². The van der Waals surface area contributed by atoms with Crippen LogP contribution in [-0.4, -0.2) is 91.0 Å². The first-order valence-corrected chi connectivity index (χ1v) is 12.1. The van der Waals surface area contributed by atoms with Crippen molar-refractivity contribution in [3.63, 3.8) is 0 Å². The van der Waals surface area contributed by atoms with Crippen molar-refractivity contribution in [3.8, 4) is 0 Å². The number of anilines is 1. The SMILES string of the molecule is CN(C1CCN(Cc2cc3nc(Cl)cc(N4CCOCC4)n3n2)CC1)S(C)(=O)=O. The lowest BCUT2D eigenvalue weighted by atomic mass is 10.1. The van der Waals surface area contributed by atoms with E-state index in [0.717, 1.165) is 56.2 Å². The third kappa shape index (κ3) is 4.66. The van der Waals surface area contributed by atoms with Crippen LogP contribution in [0, 0.1) is 0 Å². The van der Waals surface area contributed by atoms with Gasteiger partial charge in [0.2, 0.25) is 10.0 Å². The Bertz CT molecular complexity index is 967. The van der Waals surface area contributed by atoms with Crippen molar-refractivity contribution in [1.82, 2.24) is 23.8 Å². The minimum Gasteiger partial charge on any atom is -0.378 e. The first kappa shape index (κ1) is 20.8. The van der Waals surface area contributed by atoms with Crippen LogP contribution in [0.2, 0.25) is 5.15 Å². The lowest BCUT2D eigenvalue weighted by Crippen LogP contribution is -2.45. The van der Waals surface area contributed by atoms with Gasteiger partial charge in [0, 0.05) is 57.9 Å². The number of nitrogens with zero attached hydrogens (tertiary/aromatic N) is 6. The van der Waals surface area contributed by atoms with E-state index >= 15 is 0 Å². The van der Waals surface area contributed by atoms with Crippen molar-refractivity contribution in [2.75, 3.05) is 57.6 Å². The minimum atomic E-state index is -3.15. The molecule has 0 atom stereocenters. The van der Waals surface area contributed by atoms with Gasteiger partial charge in [-0.2, -0.15) is 9.61 Å². The molecule has 160 valence electrons. The Kier molecular flexibility index (Phi) is 5.99. The number of likely N-dealkylation sites (tertiary alicyclic amines) is 1. The van der Waals surface area contributed by atoms with Gasteiger partial charge in [-0.3, -0.25) is 4.90 Å². The number of fused-ring (bicyclic) bond motifs is 1. The Labute approximate surface area is 176 Å². The molecule has 2 aliphatic heterocycles. The van der Waals surface area contributed by atoms with Gasteiger partial charge in [-0.15, -0.1) is 0 Å². The molecule has 2 aromatic heterocycles. The Morgan fingerprint density at radius 2 is 1.90 bits per heavy atom. The van der Waals surface area contributed by atoms with Crippen LogP contribution >= 0.6 is 11.6 Å². The van der Waals surface area contributed by atoms with Gasteiger partial charge in [0.15, 0.2) is 5.65 Å². The van der Waals surface area contributed by atoms with Gasteiger partial charge in [-0.1, -0.05) is 11.6 Å². The molecule has 11 heteroatoms. The molecule has 0 spiro atoms. The molecule has 0 radical (unpaired) electrons. The van der Waals surface area contributed by atoms with Crippen molar-refractivity contribution in [1.29, 1.82) is 0 Å². The summed E-state index contributed by atoms with van der Waals surface area (Å²) in [5.74, 6) is 0.933. The fourth-order valence-corrected chi connectivity index (χ4v) is 4.95. The molecule has 0 amide bonds. The zero-order valence-electron chi connectivity index (χ0n) is 16.8. The second-order valence-corrected chi connectivity index (χ2v) is 10.2. The molecule has 0 unspecified atom stereocenters. The monoisotopic (exact) mass is 442 g/mol. The van der Waals surface area contributed by atoms with E-state index in [4.69, 9.17) is 21.4 Å². The van der Waals surface area contributed by atoms with Gasteiger partial charge >= 0.3 is 0 Å². The van der Waals surface area contributed by atoms with Crippen LogP contribution in [0.3, 0.4) is 0 Å². The molecule has 2 aliphatic rings. The molecule has 0 aromatic carbocycles. The molecular formula is C18H27ClN6O3S. The molecule has 0 bridgehead atoms. The van der Waals surface area contributed by atoms with E-state index in [0.29, 0.717) is 24.9 Å². The highest BCUT2D eigenvalue weighted by atomic mass is 35.5. The number of piperidine rings is 1. The van der Waals surface area contributed by atoms with Gasteiger partial charge in [-0.25, -0.2) is 17.7 Å². The zero-order chi connectivity index (χ0) is 20.6. The van der Waals surface area contributed by atoms with E-state index in [1.54, 1.807) is 7.05 Å². The van der Waals surface area contributed by atoms with Crippen LogP contribution < -0.4 is 4.90 Å². The highest BCUT2D eigenvalue weighted by Gasteiger charge is 2.27. The molecule has 0 aliphatic carbocycles. The Balaban J connectivity index is 1.47. The summed E-state index contributed by atoms with van der Waals surface area (Å²) < 4.78 is 32.3. The predicted octanol–water partition coefficient (Wildman–Crippen LogP) is 1.08. The summed E-state index contributed by atoms with van der Waals surface area (Å²) >= 11 is 6.25. The van der Waals surface area contributed by atoms with E-state index in [1.165, 1.54) is 10.6 Å². The number of sulfonamides is 1. The quantitative estimate of drug-likeness (QED) is 0.640. The Morgan fingerprint density at radius 1 is 1.21 bits per heavy atom. The average Bonchev–Trinajstić information content (AvgIpc) is 3.09. The summed E-state index contributed by atoms with van der Waals surface area (Å²) in [4.78, 5) is 8.95. The maximum atomic E-state index is 11.8. The lowest BCUT2D eigenvalue weighted by molar-refractivity contribution is 0.122. The first-order chi connectivity index (χ1) is 13.8. The van der Waals surface area contributed by atoms with Gasteiger partial charge in [0.05, 0.1) is 25.2 Å². The molecule has 4 heterocycles. The third-order valence-corrected chi connectivity index (χ3v) is 7.28. The first-order valence-electron chi connectivity index (χ1n) is 9.84. The summed E-state index contributed by atoms with van der Waals surface area (Å²) in [5.41, 5.74) is 1.67. The molecule has 2 fully saturated rings. The maximum absolute atomic E-state index is 11.8. The van der Waals surface area contributed by atoms with Crippen molar-refractivity contribution >= 4 is 33.1 Å². The third-order valence-electron chi connectivity index (χ3n) is 5.74. The van der Waals surface area contributed by atoms with E-state index in [9.17, 15) is 8.42 Å². The number of hydrogen-bond acceptors (Lipinski definition) is 7. The standard InChI is InChI=1S/C18H27ClN6O3S/c1-22(29(2,26)27)15-3-5-23(6-4-15)13-14-11-17-20-16(19)12-18(25(17)21-14)24-7-9-28-10-8-24/h11-12,15H,3-10,13H2,1-2H3. The molecule has 2 aromatic rings. The number of ether oxygens (including phenoxy) is 1. The highest BCUT2D eigenvalue weighted by Crippen LogP contribution is 2.23. The van der Waals surface area contributed by atoms with Crippen LogP contribution in [0.1, 0.15) is 18.5 Å². The number of rotatable bonds is 5. The van der Waals surface area contributed by atoms with Crippen LogP contribution in [0.25, 0.3) is 5.65 Å². The number of morpholine rings is 1. The second-order valence-electron chi connectivity index (χ2n) is 7.73. The van der Waals surface area contributed by atoms with Gasteiger partial charge in [0.1, 0.15) is 11.0 Å².